The molecule has 9 nitrogen and oxygen atoms in total. The number of amides is 2. The summed E-state index contributed by atoms with van der Waals surface area (Å²) in [4.78, 5) is 29.0. The second-order valence-corrected chi connectivity index (χ2v) is 6.42. The molecule has 1 aromatic carbocycles. The molecule has 0 fully saturated rings. The van der Waals surface area contributed by atoms with Crippen molar-refractivity contribution in [2.75, 3.05) is 31.0 Å². The van der Waals surface area contributed by atoms with Crippen LogP contribution in [0.1, 0.15) is 29.4 Å². The van der Waals surface area contributed by atoms with E-state index in [4.69, 9.17) is 9.47 Å². The maximum Gasteiger partial charge on any atom is 0.249 e. The molecule has 0 saturated heterocycles. The van der Waals surface area contributed by atoms with E-state index >= 15 is 0 Å². The highest BCUT2D eigenvalue weighted by atomic mass is 16.5. The highest BCUT2D eigenvalue weighted by Crippen LogP contribution is 2.25. The molecule has 2 heterocycles. The van der Waals surface area contributed by atoms with Crippen molar-refractivity contribution in [2.45, 2.75) is 32.9 Å². The topological polar surface area (TPSA) is 107 Å². The number of anilines is 2. The van der Waals surface area contributed by atoms with Gasteiger partial charge < -0.3 is 14.8 Å². The van der Waals surface area contributed by atoms with Crippen LogP contribution >= 0.6 is 0 Å². The lowest BCUT2D eigenvalue weighted by Gasteiger charge is -2.22. The SMILES string of the molecule is COCCOCc1nc2n(n1)[C@H](C(=O)Nc1ccc(C)cc1C)CC(=O)N2. The number of hydrogen-bond donors (Lipinski definition) is 2. The van der Waals surface area contributed by atoms with Crippen molar-refractivity contribution in [2.24, 2.45) is 0 Å². The molecule has 1 aliphatic heterocycles. The lowest BCUT2D eigenvalue weighted by molar-refractivity contribution is -0.125. The van der Waals surface area contributed by atoms with Crippen molar-refractivity contribution in [3.63, 3.8) is 0 Å². The van der Waals surface area contributed by atoms with Gasteiger partial charge in [-0.25, -0.2) is 4.68 Å². The molecule has 1 aliphatic rings. The minimum atomic E-state index is -0.769. The number of nitrogens with zero attached hydrogens (tertiary/aromatic N) is 3. The van der Waals surface area contributed by atoms with Crippen LogP contribution in [0.25, 0.3) is 0 Å². The molecular formula is C18H23N5O4. The first kappa shape index (κ1) is 19.0. The molecule has 1 atom stereocenters. The molecule has 0 spiro atoms. The van der Waals surface area contributed by atoms with E-state index in [2.05, 4.69) is 20.7 Å². The largest absolute Gasteiger partial charge is 0.382 e. The summed E-state index contributed by atoms with van der Waals surface area (Å²) < 4.78 is 11.8. The fourth-order valence-electron chi connectivity index (χ4n) is 2.85. The Morgan fingerprint density at radius 2 is 2.19 bits per heavy atom. The van der Waals surface area contributed by atoms with E-state index in [-0.39, 0.29) is 30.8 Å². The molecule has 0 unspecified atom stereocenters. The van der Waals surface area contributed by atoms with Gasteiger partial charge in [0, 0.05) is 12.8 Å². The van der Waals surface area contributed by atoms with E-state index in [1.165, 1.54) is 4.68 Å². The van der Waals surface area contributed by atoms with Gasteiger partial charge in [0.25, 0.3) is 0 Å². The van der Waals surface area contributed by atoms with E-state index in [9.17, 15) is 9.59 Å². The van der Waals surface area contributed by atoms with Crippen LogP contribution in [-0.2, 0) is 25.7 Å². The van der Waals surface area contributed by atoms with Gasteiger partial charge in [-0.2, -0.15) is 10.1 Å². The molecule has 3 rings (SSSR count). The van der Waals surface area contributed by atoms with Crippen LogP contribution in [0.15, 0.2) is 18.2 Å². The molecule has 27 heavy (non-hydrogen) atoms. The Morgan fingerprint density at radius 3 is 2.93 bits per heavy atom. The van der Waals surface area contributed by atoms with Crippen LogP contribution in [0, 0.1) is 13.8 Å². The number of rotatable bonds is 7. The summed E-state index contributed by atoms with van der Waals surface area (Å²) >= 11 is 0. The summed E-state index contributed by atoms with van der Waals surface area (Å²) in [6, 6.07) is 4.99. The van der Waals surface area contributed by atoms with Crippen molar-refractivity contribution in [3.05, 3.63) is 35.2 Å². The second kappa shape index (κ2) is 8.28. The minimum absolute atomic E-state index is 0.00290. The fourth-order valence-corrected chi connectivity index (χ4v) is 2.85. The Bertz CT molecular complexity index is 848. The number of nitrogens with one attached hydrogen (secondary N) is 2. The van der Waals surface area contributed by atoms with Crippen LogP contribution in [0.3, 0.4) is 0 Å². The number of fused-ring (bicyclic) bond motifs is 1. The number of hydrogen-bond acceptors (Lipinski definition) is 6. The zero-order valence-corrected chi connectivity index (χ0v) is 15.6. The minimum Gasteiger partial charge on any atom is -0.382 e. The van der Waals surface area contributed by atoms with Crippen molar-refractivity contribution in [1.29, 1.82) is 0 Å². The van der Waals surface area contributed by atoms with Crippen LogP contribution < -0.4 is 10.6 Å². The molecule has 1 aromatic heterocycles. The maximum atomic E-state index is 12.8. The Labute approximate surface area is 157 Å². The average molecular weight is 373 g/mol. The zero-order valence-electron chi connectivity index (χ0n) is 15.6. The molecule has 144 valence electrons. The van der Waals surface area contributed by atoms with Crippen LogP contribution in [0.2, 0.25) is 0 Å². The second-order valence-electron chi connectivity index (χ2n) is 6.42. The first-order chi connectivity index (χ1) is 13.0. The quantitative estimate of drug-likeness (QED) is 0.714. The Balaban J connectivity index is 1.75. The number of carbonyl (C=O) groups is 2. The lowest BCUT2D eigenvalue weighted by atomic mass is 10.1. The van der Waals surface area contributed by atoms with Gasteiger partial charge in [0.2, 0.25) is 17.8 Å². The average Bonchev–Trinajstić information content (AvgIpc) is 3.03. The van der Waals surface area contributed by atoms with Crippen molar-refractivity contribution in [3.8, 4) is 0 Å². The molecule has 0 radical (unpaired) electrons. The molecule has 2 amide bonds. The molecule has 0 saturated carbocycles. The first-order valence-corrected chi connectivity index (χ1v) is 8.68. The number of methoxy groups -OCH3 is 1. The molecule has 2 N–H and O–H groups in total. The zero-order chi connectivity index (χ0) is 19.4. The third kappa shape index (κ3) is 4.50. The van der Waals surface area contributed by atoms with Crippen LogP contribution in [-0.4, -0.2) is 46.9 Å². The van der Waals surface area contributed by atoms with E-state index < -0.39 is 6.04 Å². The van der Waals surface area contributed by atoms with Gasteiger partial charge in [0.15, 0.2) is 5.82 Å². The smallest absolute Gasteiger partial charge is 0.249 e. The fraction of sp³-hybridized carbons (Fsp3) is 0.444. The standard InChI is InChI=1S/C18H23N5O4/c1-11-4-5-13(12(2)8-11)19-17(25)14-9-16(24)21-18-20-15(22-23(14)18)10-27-7-6-26-3/h4-5,8,14H,6-7,9-10H2,1-3H3,(H,19,25)(H,20,21,22,24)/t14-/m0/s1. The van der Waals surface area contributed by atoms with Gasteiger partial charge in [-0.3, -0.25) is 14.9 Å². The van der Waals surface area contributed by atoms with E-state index in [1.54, 1.807) is 7.11 Å². The lowest BCUT2D eigenvalue weighted by Crippen LogP contribution is -2.36. The molecular weight excluding hydrogens is 350 g/mol. The Morgan fingerprint density at radius 1 is 1.37 bits per heavy atom. The van der Waals surface area contributed by atoms with Crippen molar-refractivity contribution < 1.29 is 19.1 Å². The summed E-state index contributed by atoms with van der Waals surface area (Å²) in [5.74, 6) is 0.0577. The first-order valence-electron chi connectivity index (χ1n) is 8.68. The predicted octanol–water partition coefficient (Wildman–Crippen LogP) is 1.58. The predicted molar refractivity (Wildman–Crippen MR) is 98.4 cm³/mol. The normalized spacial score (nSPS) is 16.0. The molecule has 9 heteroatoms. The number of aryl methyl sites for hydroxylation is 2. The third-order valence-corrected chi connectivity index (χ3v) is 4.21. The third-order valence-electron chi connectivity index (χ3n) is 4.21. The van der Waals surface area contributed by atoms with Crippen LogP contribution in [0.5, 0.6) is 0 Å². The monoisotopic (exact) mass is 373 g/mol. The summed E-state index contributed by atoms with van der Waals surface area (Å²) in [7, 11) is 1.59. The molecule has 0 aliphatic carbocycles. The van der Waals surface area contributed by atoms with Crippen molar-refractivity contribution >= 4 is 23.5 Å². The summed E-state index contributed by atoms with van der Waals surface area (Å²) in [5.41, 5.74) is 2.77. The highest BCUT2D eigenvalue weighted by molar-refractivity contribution is 6.01. The van der Waals surface area contributed by atoms with E-state index in [1.807, 2.05) is 32.0 Å². The van der Waals surface area contributed by atoms with Gasteiger partial charge in [0.1, 0.15) is 12.6 Å². The van der Waals surface area contributed by atoms with Gasteiger partial charge in [-0.1, -0.05) is 17.7 Å². The number of carbonyl (C=O) groups excluding carboxylic acids is 2. The Hall–Kier alpha value is -2.78. The summed E-state index contributed by atoms with van der Waals surface area (Å²) in [6.45, 7) is 4.95. The van der Waals surface area contributed by atoms with Gasteiger partial charge in [-0.15, -0.1) is 0 Å². The van der Waals surface area contributed by atoms with Gasteiger partial charge in [-0.05, 0) is 25.5 Å². The number of ether oxygens (including phenoxy) is 2. The molecule has 0 bridgehead atoms. The number of aromatic nitrogens is 3. The van der Waals surface area contributed by atoms with E-state index in [0.717, 1.165) is 11.1 Å². The molecule has 2 aromatic rings. The maximum absolute atomic E-state index is 12.8. The highest BCUT2D eigenvalue weighted by Gasteiger charge is 2.33. The summed E-state index contributed by atoms with van der Waals surface area (Å²) in [6.07, 6.45) is -0.00290. The summed E-state index contributed by atoms with van der Waals surface area (Å²) in [5, 5.41) is 9.85. The number of benzene rings is 1. The van der Waals surface area contributed by atoms with Crippen molar-refractivity contribution in [1.82, 2.24) is 14.8 Å². The van der Waals surface area contributed by atoms with Gasteiger partial charge >= 0.3 is 0 Å². The van der Waals surface area contributed by atoms with Gasteiger partial charge in [0.05, 0.1) is 19.6 Å². The van der Waals surface area contributed by atoms with E-state index in [0.29, 0.717) is 24.7 Å². The van der Waals surface area contributed by atoms with Crippen LogP contribution in [0.4, 0.5) is 11.6 Å². The Kier molecular flexibility index (Phi) is 5.82.